The van der Waals surface area contributed by atoms with E-state index in [1.54, 1.807) is 0 Å². The topological polar surface area (TPSA) is 29.9 Å². The molecule has 1 aromatic heterocycles. The van der Waals surface area contributed by atoms with E-state index in [9.17, 15) is 0 Å². The van der Waals surface area contributed by atoms with Crippen molar-refractivity contribution in [3.05, 3.63) is 40.1 Å². The molecule has 0 aliphatic rings. The maximum Gasteiger partial charge on any atom is 0.207 e. The van der Waals surface area contributed by atoms with Crippen molar-refractivity contribution in [2.75, 3.05) is 5.32 Å². The second-order valence-corrected chi connectivity index (χ2v) is 5.34. The zero-order valence-electron chi connectivity index (χ0n) is 11.0. The highest BCUT2D eigenvalue weighted by Crippen LogP contribution is 2.23. The molecule has 0 amide bonds. The number of rotatable bonds is 4. The summed E-state index contributed by atoms with van der Waals surface area (Å²) in [5.41, 5.74) is 3.32. The van der Waals surface area contributed by atoms with Crippen LogP contribution in [0.1, 0.15) is 24.6 Å². The normalized spacial score (nSPS) is 10.7. The number of nitrogens with zero attached hydrogens (tertiary/aromatic N) is 2. The van der Waals surface area contributed by atoms with Gasteiger partial charge in [-0.3, -0.25) is 0 Å². The standard InChI is InChI=1S/C14H18BrN3/c1-4-7-18-9-11(3)16-14(18)17-12-5-6-13(15)10(2)8-12/h5-6,8-9H,4,7H2,1-3H3,(H,16,17). The van der Waals surface area contributed by atoms with Gasteiger partial charge in [-0.2, -0.15) is 0 Å². The predicted molar refractivity (Wildman–Crippen MR) is 79.4 cm³/mol. The molecule has 2 rings (SSSR count). The number of benzene rings is 1. The van der Waals surface area contributed by atoms with E-state index < -0.39 is 0 Å². The smallest absolute Gasteiger partial charge is 0.207 e. The largest absolute Gasteiger partial charge is 0.326 e. The molecule has 0 radical (unpaired) electrons. The first-order valence-electron chi connectivity index (χ1n) is 6.17. The van der Waals surface area contributed by atoms with Crippen molar-refractivity contribution in [3.8, 4) is 0 Å². The van der Waals surface area contributed by atoms with Crippen LogP contribution in [-0.2, 0) is 6.54 Å². The van der Waals surface area contributed by atoms with E-state index in [2.05, 4.69) is 69.0 Å². The Morgan fingerprint density at radius 2 is 2.11 bits per heavy atom. The van der Waals surface area contributed by atoms with E-state index in [0.717, 1.165) is 34.8 Å². The summed E-state index contributed by atoms with van der Waals surface area (Å²) in [7, 11) is 0. The van der Waals surface area contributed by atoms with Gasteiger partial charge < -0.3 is 9.88 Å². The third kappa shape index (κ3) is 2.93. The van der Waals surface area contributed by atoms with Crippen molar-refractivity contribution in [3.63, 3.8) is 0 Å². The fraction of sp³-hybridized carbons (Fsp3) is 0.357. The van der Waals surface area contributed by atoms with E-state index in [0.29, 0.717) is 0 Å². The van der Waals surface area contributed by atoms with Gasteiger partial charge >= 0.3 is 0 Å². The number of imidazole rings is 1. The van der Waals surface area contributed by atoms with E-state index in [4.69, 9.17) is 0 Å². The Morgan fingerprint density at radius 3 is 2.78 bits per heavy atom. The Balaban J connectivity index is 2.24. The highest BCUT2D eigenvalue weighted by atomic mass is 79.9. The van der Waals surface area contributed by atoms with Gasteiger partial charge in [-0.05, 0) is 44.0 Å². The average molecular weight is 308 g/mol. The molecule has 3 nitrogen and oxygen atoms in total. The Hall–Kier alpha value is -1.29. The van der Waals surface area contributed by atoms with Crippen molar-refractivity contribution in [1.29, 1.82) is 0 Å². The molecule has 0 saturated heterocycles. The zero-order valence-corrected chi connectivity index (χ0v) is 12.6. The van der Waals surface area contributed by atoms with Crippen molar-refractivity contribution < 1.29 is 0 Å². The molecular weight excluding hydrogens is 290 g/mol. The summed E-state index contributed by atoms with van der Waals surface area (Å²) in [5, 5.41) is 3.38. The molecule has 0 bridgehead atoms. The fourth-order valence-electron chi connectivity index (χ4n) is 1.91. The summed E-state index contributed by atoms with van der Waals surface area (Å²) >= 11 is 3.51. The molecule has 18 heavy (non-hydrogen) atoms. The third-order valence-corrected chi connectivity index (χ3v) is 3.67. The first kappa shape index (κ1) is 13.1. The van der Waals surface area contributed by atoms with E-state index in [-0.39, 0.29) is 0 Å². The summed E-state index contributed by atoms with van der Waals surface area (Å²) in [6.07, 6.45) is 3.18. The number of nitrogens with one attached hydrogen (secondary N) is 1. The summed E-state index contributed by atoms with van der Waals surface area (Å²) in [6, 6.07) is 6.22. The molecule has 4 heteroatoms. The lowest BCUT2D eigenvalue weighted by molar-refractivity contribution is 0.686. The van der Waals surface area contributed by atoms with Gasteiger partial charge in [0, 0.05) is 22.9 Å². The van der Waals surface area contributed by atoms with Crippen molar-refractivity contribution in [2.45, 2.75) is 33.7 Å². The Bertz CT molecular complexity index is 546. The van der Waals surface area contributed by atoms with Crippen LogP contribution >= 0.6 is 15.9 Å². The molecule has 2 aromatic rings. The van der Waals surface area contributed by atoms with Crippen LogP contribution in [0, 0.1) is 13.8 Å². The van der Waals surface area contributed by atoms with E-state index in [1.807, 2.05) is 6.92 Å². The maximum absolute atomic E-state index is 4.52. The van der Waals surface area contributed by atoms with Gasteiger partial charge in [-0.15, -0.1) is 0 Å². The molecule has 0 unspecified atom stereocenters. The summed E-state index contributed by atoms with van der Waals surface area (Å²) in [4.78, 5) is 4.52. The minimum Gasteiger partial charge on any atom is -0.326 e. The summed E-state index contributed by atoms with van der Waals surface area (Å²) in [5.74, 6) is 0.913. The third-order valence-electron chi connectivity index (χ3n) is 2.78. The van der Waals surface area contributed by atoms with Crippen molar-refractivity contribution in [1.82, 2.24) is 9.55 Å². The Morgan fingerprint density at radius 1 is 1.33 bits per heavy atom. The van der Waals surface area contributed by atoms with Crippen LogP contribution in [-0.4, -0.2) is 9.55 Å². The van der Waals surface area contributed by atoms with Gasteiger partial charge in [0.05, 0.1) is 5.69 Å². The van der Waals surface area contributed by atoms with Crippen LogP contribution in [0.25, 0.3) is 0 Å². The first-order valence-corrected chi connectivity index (χ1v) is 6.96. The van der Waals surface area contributed by atoms with Gasteiger partial charge in [0.2, 0.25) is 5.95 Å². The molecule has 96 valence electrons. The van der Waals surface area contributed by atoms with Crippen LogP contribution in [0.3, 0.4) is 0 Å². The van der Waals surface area contributed by atoms with Crippen LogP contribution < -0.4 is 5.32 Å². The highest BCUT2D eigenvalue weighted by molar-refractivity contribution is 9.10. The fourth-order valence-corrected chi connectivity index (χ4v) is 2.16. The lowest BCUT2D eigenvalue weighted by Crippen LogP contribution is -2.02. The Labute approximate surface area is 116 Å². The van der Waals surface area contributed by atoms with Crippen LogP contribution in [0.4, 0.5) is 11.6 Å². The number of halogens is 1. The van der Waals surface area contributed by atoms with E-state index >= 15 is 0 Å². The summed E-state index contributed by atoms with van der Waals surface area (Å²) in [6.45, 7) is 7.25. The molecular formula is C14H18BrN3. The molecule has 1 heterocycles. The van der Waals surface area contributed by atoms with Crippen LogP contribution in [0.15, 0.2) is 28.9 Å². The molecule has 1 N–H and O–H groups in total. The molecule has 0 saturated carbocycles. The molecule has 0 fully saturated rings. The van der Waals surface area contributed by atoms with Gasteiger partial charge in [0.25, 0.3) is 0 Å². The number of anilines is 2. The minimum absolute atomic E-state index is 0.913. The van der Waals surface area contributed by atoms with Gasteiger partial charge in [-0.25, -0.2) is 4.98 Å². The van der Waals surface area contributed by atoms with Crippen LogP contribution in [0.2, 0.25) is 0 Å². The minimum atomic E-state index is 0.913. The molecule has 0 atom stereocenters. The second kappa shape index (κ2) is 5.57. The molecule has 1 aromatic carbocycles. The molecule has 0 spiro atoms. The Kier molecular flexibility index (Phi) is 4.07. The van der Waals surface area contributed by atoms with Gasteiger partial charge in [-0.1, -0.05) is 22.9 Å². The SMILES string of the molecule is CCCn1cc(C)nc1Nc1ccc(Br)c(C)c1. The average Bonchev–Trinajstić information content (AvgIpc) is 2.65. The number of aromatic nitrogens is 2. The molecule has 0 aliphatic heterocycles. The quantitative estimate of drug-likeness (QED) is 0.906. The number of hydrogen-bond donors (Lipinski definition) is 1. The van der Waals surface area contributed by atoms with Crippen LogP contribution in [0.5, 0.6) is 0 Å². The second-order valence-electron chi connectivity index (χ2n) is 4.49. The highest BCUT2D eigenvalue weighted by Gasteiger charge is 2.05. The first-order chi connectivity index (χ1) is 8.60. The number of aryl methyl sites for hydroxylation is 3. The van der Waals surface area contributed by atoms with Gasteiger partial charge in [0.1, 0.15) is 0 Å². The summed E-state index contributed by atoms with van der Waals surface area (Å²) < 4.78 is 3.29. The predicted octanol–water partition coefficient (Wildman–Crippen LogP) is 4.42. The number of hydrogen-bond acceptors (Lipinski definition) is 2. The lowest BCUT2D eigenvalue weighted by atomic mass is 10.2. The van der Waals surface area contributed by atoms with Gasteiger partial charge in [0.15, 0.2) is 0 Å². The lowest BCUT2D eigenvalue weighted by Gasteiger charge is -2.09. The van der Waals surface area contributed by atoms with Crippen molar-refractivity contribution in [2.24, 2.45) is 0 Å². The van der Waals surface area contributed by atoms with Crippen molar-refractivity contribution >= 4 is 27.6 Å². The monoisotopic (exact) mass is 307 g/mol. The molecule has 0 aliphatic carbocycles. The van der Waals surface area contributed by atoms with E-state index in [1.165, 1.54) is 5.56 Å². The maximum atomic E-state index is 4.52. The zero-order chi connectivity index (χ0) is 13.1.